The number of hydrogen-bond donors (Lipinski definition) is 1. The van der Waals surface area contributed by atoms with Crippen molar-refractivity contribution >= 4 is 23.5 Å². The molecular formula is C18H16ClNO5. The smallest absolute Gasteiger partial charge is 0.339 e. The summed E-state index contributed by atoms with van der Waals surface area (Å²) in [7, 11) is 0. The van der Waals surface area contributed by atoms with E-state index in [9.17, 15) is 9.59 Å². The van der Waals surface area contributed by atoms with E-state index in [4.69, 9.17) is 31.5 Å². The highest BCUT2D eigenvalue weighted by atomic mass is 35.5. The van der Waals surface area contributed by atoms with Gasteiger partial charge in [0.1, 0.15) is 0 Å². The zero-order valence-electron chi connectivity index (χ0n) is 13.2. The summed E-state index contributed by atoms with van der Waals surface area (Å²) in [5.41, 5.74) is 6.01. The molecule has 1 amide bonds. The van der Waals surface area contributed by atoms with Crippen molar-refractivity contribution in [2.24, 2.45) is 5.73 Å². The van der Waals surface area contributed by atoms with Gasteiger partial charge in [-0.15, -0.1) is 0 Å². The van der Waals surface area contributed by atoms with Crippen molar-refractivity contribution in [3.63, 3.8) is 0 Å². The Balaban J connectivity index is 1.86. The van der Waals surface area contributed by atoms with Gasteiger partial charge in [0, 0.05) is 12.0 Å². The zero-order chi connectivity index (χ0) is 17.8. The SMILES string of the molecule is NC(=O)C(OC(=O)c1cc(Cl)c2c(c1)OCCCO2)c1ccccc1. The molecule has 0 aromatic heterocycles. The molecule has 2 aromatic carbocycles. The number of amides is 1. The third kappa shape index (κ3) is 3.85. The normalized spacial score (nSPS) is 14.3. The van der Waals surface area contributed by atoms with Gasteiger partial charge >= 0.3 is 5.97 Å². The van der Waals surface area contributed by atoms with Gasteiger partial charge in [-0.3, -0.25) is 4.79 Å². The molecule has 0 bridgehead atoms. The Labute approximate surface area is 149 Å². The molecule has 7 heteroatoms. The largest absolute Gasteiger partial charge is 0.489 e. The van der Waals surface area contributed by atoms with Crippen molar-refractivity contribution in [3.05, 3.63) is 58.6 Å². The fourth-order valence-corrected chi connectivity index (χ4v) is 2.71. The first-order valence-corrected chi connectivity index (χ1v) is 8.08. The van der Waals surface area contributed by atoms with Gasteiger partial charge in [0.05, 0.1) is 23.8 Å². The molecule has 1 aliphatic rings. The number of benzene rings is 2. The molecule has 0 radical (unpaired) electrons. The van der Waals surface area contributed by atoms with E-state index in [0.29, 0.717) is 36.7 Å². The minimum absolute atomic E-state index is 0.149. The summed E-state index contributed by atoms with van der Waals surface area (Å²) in [5, 5.41) is 0.238. The summed E-state index contributed by atoms with van der Waals surface area (Å²) in [4.78, 5) is 24.2. The monoisotopic (exact) mass is 361 g/mol. The second kappa shape index (κ2) is 7.44. The third-order valence-electron chi connectivity index (χ3n) is 3.62. The predicted octanol–water partition coefficient (Wildman–Crippen LogP) is 2.88. The quantitative estimate of drug-likeness (QED) is 0.846. The van der Waals surface area contributed by atoms with E-state index in [-0.39, 0.29) is 10.6 Å². The summed E-state index contributed by atoms with van der Waals surface area (Å²) in [6.45, 7) is 0.935. The lowest BCUT2D eigenvalue weighted by Crippen LogP contribution is -2.26. The Morgan fingerprint density at radius 2 is 1.84 bits per heavy atom. The molecule has 1 aliphatic heterocycles. The fraction of sp³-hybridized carbons (Fsp3) is 0.222. The highest BCUT2D eigenvalue weighted by molar-refractivity contribution is 6.32. The molecule has 1 unspecified atom stereocenters. The van der Waals surface area contributed by atoms with Crippen molar-refractivity contribution in [1.29, 1.82) is 0 Å². The van der Waals surface area contributed by atoms with Crippen LogP contribution < -0.4 is 15.2 Å². The molecule has 130 valence electrons. The fourth-order valence-electron chi connectivity index (χ4n) is 2.44. The second-order valence-electron chi connectivity index (χ2n) is 5.43. The van der Waals surface area contributed by atoms with Crippen LogP contribution in [0.25, 0.3) is 0 Å². The van der Waals surface area contributed by atoms with Gasteiger partial charge in [0.2, 0.25) is 6.10 Å². The van der Waals surface area contributed by atoms with Gasteiger partial charge in [0.25, 0.3) is 5.91 Å². The molecular weight excluding hydrogens is 346 g/mol. The van der Waals surface area contributed by atoms with Crippen LogP contribution in [0.2, 0.25) is 5.02 Å². The molecule has 0 spiro atoms. The van der Waals surface area contributed by atoms with E-state index in [1.165, 1.54) is 12.1 Å². The highest BCUT2D eigenvalue weighted by Crippen LogP contribution is 2.38. The van der Waals surface area contributed by atoms with Gasteiger partial charge in [-0.1, -0.05) is 41.9 Å². The molecule has 0 aliphatic carbocycles. The first kappa shape index (κ1) is 17.1. The van der Waals surface area contributed by atoms with Crippen LogP contribution in [-0.4, -0.2) is 25.1 Å². The Bertz CT molecular complexity index is 794. The van der Waals surface area contributed by atoms with Crippen LogP contribution in [0.4, 0.5) is 0 Å². The molecule has 0 fully saturated rings. The standard InChI is InChI=1S/C18H16ClNO5/c19-13-9-12(10-14-16(13)24-8-4-7-23-14)18(22)25-15(17(20)21)11-5-2-1-3-6-11/h1-3,5-6,9-10,15H,4,7-8H2,(H2,20,21). The van der Waals surface area contributed by atoms with Crippen LogP contribution in [0.5, 0.6) is 11.5 Å². The van der Waals surface area contributed by atoms with Crippen molar-refractivity contribution in [3.8, 4) is 11.5 Å². The molecule has 0 saturated carbocycles. The highest BCUT2D eigenvalue weighted by Gasteiger charge is 2.25. The van der Waals surface area contributed by atoms with E-state index in [2.05, 4.69) is 0 Å². The van der Waals surface area contributed by atoms with Crippen LogP contribution in [0, 0.1) is 0 Å². The van der Waals surface area contributed by atoms with Gasteiger partial charge in [-0.25, -0.2) is 4.79 Å². The second-order valence-corrected chi connectivity index (χ2v) is 5.84. The molecule has 3 rings (SSSR count). The summed E-state index contributed by atoms with van der Waals surface area (Å²) < 4.78 is 16.4. The number of hydrogen-bond acceptors (Lipinski definition) is 5. The number of fused-ring (bicyclic) bond motifs is 1. The van der Waals surface area contributed by atoms with Gasteiger partial charge in [-0.05, 0) is 12.1 Å². The number of esters is 1. The number of rotatable bonds is 4. The van der Waals surface area contributed by atoms with Crippen LogP contribution in [0.1, 0.15) is 28.4 Å². The van der Waals surface area contributed by atoms with Crippen LogP contribution in [0.3, 0.4) is 0 Å². The summed E-state index contributed by atoms with van der Waals surface area (Å²) >= 11 is 6.18. The van der Waals surface area contributed by atoms with Crippen molar-refractivity contribution in [1.82, 2.24) is 0 Å². The maximum absolute atomic E-state index is 12.5. The first-order chi connectivity index (χ1) is 12.1. The minimum atomic E-state index is -1.19. The lowest BCUT2D eigenvalue weighted by Gasteiger charge is -2.16. The molecule has 0 saturated heterocycles. The maximum Gasteiger partial charge on any atom is 0.339 e. The molecule has 1 atom stereocenters. The van der Waals surface area contributed by atoms with Crippen molar-refractivity contribution in [2.75, 3.05) is 13.2 Å². The number of nitrogens with two attached hydrogens (primary N) is 1. The number of carbonyl (C=O) groups is 2. The van der Waals surface area contributed by atoms with Gasteiger partial charge < -0.3 is 19.9 Å². The van der Waals surface area contributed by atoms with Crippen molar-refractivity contribution < 1.29 is 23.8 Å². The molecule has 6 nitrogen and oxygen atoms in total. The lowest BCUT2D eigenvalue weighted by atomic mass is 10.1. The molecule has 2 N–H and O–H groups in total. The topological polar surface area (TPSA) is 87.9 Å². The summed E-state index contributed by atoms with van der Waals surface area (Å²) in [6, 6.07) is 11.5. The average molecular weight is 362 g/mol. The molecule has 25 heavy (non-hydrogen) atoms. The van der Waals surface area contributed by atoms with E-state index < -0.39 is 18.0 Å². The van der Waals surface area contributed by atoms with Crippen molar-refractivity contribution in [2.45, 2.75) is 12.5 Å². The van der Waals surface area contributed by atoms with Gasteiger partial charge in [-0.2, -0.15) is 0 Å². The van der Waals surface area contributed by atoms with Crippen LogP contribution in [0.15, 0.2) is 42.5 Å². The van der Waals surface area contributed by atoms with E-state index in [1.807, 2.05) is 0 Å². The zero-order valence-corrected chi connectivity index (χ0v) is 14.0. The summed E-state index contributed by atoms with van der Waals surface area (Å²) in [6.07, 6.45) is -0.480. The Morgan fingerprint density at radius 1 is 1.12 bits per heavy atom. The van der Waals surface area contributed by atoms with E-state index in [0.717, 1.165) is 0 Å². The Morgan fingerprint density at radius 3 is 2.56 bits per heavy atom. The number of ether oxygens (including phenoxy) is 3. The molecule has 2 aromatic rings. The number of halogens is 1. The Kier molecular flexibility index (Phi) is 5.09. The number of primary amides is 1. The first-order valence-electron chi connectivity index (χ1n) is 7.70. The van der Waals surface area contributed by atoms with Crippen LogP contribution in [-0.2, 0) is 9.53 Å². The maximum atomic E-state index is 12.5. The van der Waals surface area contributed by atoms with E-state index in [1.54, 1.807) is 30.3 Å². The average Bonchev–Trinajstić information content (AvgIpc) is 2.85. The predicted molar refractivity (Wildman–Crippen MR) is 90.9 cm³/mol. The van der Waals surface area contributed by atoms with E-state index >= 15 is 0 Å². The van der Waals surface area contributed by atoms with Gasteiger partial charge in [0.15, 0.2) is 11.5 Å². The Hall–Kier alpha value is -2.73. The molecule has 1 heterocycles. The third-order valence-corrected chi connectivity index (χ3v) is 3.90. The number of carbonyl (C=O) groups excluding carboxylic acids is 2. The lowest BCUT2D eigenvalue weighted by molar-refractivity contribution is -0.127. The van der Waals surface area contributed by atoms with Crippen LogP contribution >= 0.6 is 11.6 Å². The minimum Gasteiger partial charge on any atom is -0.489 e. The summed E-state index contributed by atoms with van der Waals surface area (Å²) in [5.74, 6) is -0.734.